The molecule has 1 N–H and O–H groups in total. The van der Waals surface area contributed by atoms with Crippen LogP contribution in [0.15, 0.2) is 47.3 Å². The molecule has 126 valence electrons. The monoisotopic (exact) mass is 326 g/mol. The van der Waals surface area contributed by atoms with Gasteiger partial charge in [0.25, 0.3) is 11.5 Å². The van der Waals surface area contributed by atoms with Crippen LogP contribution < -0.4 is 5.56 Å². The van der Waals surface area contributed by atoms with Crippen LogP contribution in [0.1, 0.15) is 23.7 Å². The van der Waals surface area contributed by atoms with Crippen LogP contribution in [0.5, 0.6) is 0 Å². The van der Waals surface area contributed by atoms with E-state index in [1.807, 2.05) is 37.3 Å². The summed E-state index contributed by atoms with van der Waals surface area (Å²) in [6.45, 7) is 4.58. The van der Waals surface area contributed by atoms with E-state index >= 15 is 0 Å². The summed E-state index contributed by atoms with van der Waals surface area (Å²) in [5.74, 6) is 0.141. The molecule has 3 rings (SSSR count). The number of ether oxygens (including phenoxy) is 1. The zero-order chi connectivity index (χ0) is 16.9. The molecule has 5 nitrogen and oxygen atoms in total. The maximum atomic E-state index is 12.7. The molecule has 1 aromatic carbocycles. The molecule has 0 saturated carbocycles. The van der Waals surface area contributed by atoms with Crippen molar-refractivity contribution < 1.29 is 9.53 Å². The zero-order valence-corrected chi connectivity index (χ0v) is 13.8. The molecule has 0 radical (unpaired) electrons. The molecule has 0 unspecified atom stereocenters. The van der Waals surface area contributed by atoms with Gasteiger partial charge in [-0.05, 0) is 31.0 Å². The van der Waals surface area contributed by atoms with Crippen molar-refractivity contribution in [2.45, 2.75) is 13.3 Å². The summed E-state index contributed by atoms with van der Waals surface area (Å²) < 4.78 is 5.37. The van der Waals surface area contributed by atoms with Crippen LogP contribution in [0.4, 0.5) is 0 Å². The summed E-state index contributed by atoms with van der Waals surface area (Å²) in [5.41, 5.74) is 1.48. The summed E-state index contributed by atoms with van der Waals surface area (Å²) in [7, 11) is 0. The van der Waals surface area contributed by atoms with Crippen LogP contribution in [0.2, 0.25) is 0 Å². The third-order valence-corrected chi connectivity index (χ3v) is 4.40. The summed E-state index contributed by atoms with van der Waals surface area (Å²) in [4.78, 5) is 29.6. The molecule has 1 aromatic heterocycles. The van der Waals surface area contributed by atoms with Crippen molar-refractivity contribution in [2.75, 3.05) is 26.3 Å². The molecule has 1 amide bonds. The number of hydrogen-bond donors (Lipinski definition) is 1. The Morgan fingerprint density at radius 2 is 2.04 bits per heavy atom. The predicted octanol–water partition coefficient (Wildman–Crippen LogP) is 2.54. The average Bonchev–Trinajstić information content (AvgIpc) is 3.13. The highest BCUT2D eigenvalue weighted by Crippen LogP contribution is 2.17. The van der Waals surface area contributed by atoms with Crippen molar-refractivity contribution in [1.29, 1.82) is 0 Å². The lowest BCUT2D eigenvalue weighted by atomic mass is 10.1. The van der Waals surface area contributed by atoms with Gasteiger partial charge in [-0.25, -0.2) is 0 Å². The molecule has 1 atom stereocenters. The lowest BCUT2D eigenvalue weighted by molar-refractivity contribution is 0.0729. The number of nitrogens with zero attached hydrogens (tertiary/aromatic N) is 1. The van der Waals surface area contributed by atoms with E-state index in [4.69, 9.17) is 4.74 Å². The highest BCUT2D eigenvalue weighted by Gasteiger charge is 2.23. The van der Waals surface area contributed by atoms with Gasteiger partial charge in [0.1, 0.15) is 5.56 Å². The fourth-order valence-electron chi connectivity index (χ4n) is 2.99. The van der Waals surface area contributed by atoms with E-state index in [-0.39, 0.29) is 17.0 Å². The first-order chi connectivity index (χ1) is 11.7. The molecule has 1 aliphatic heterocycles. The smallest absolute Gasteiger partial charge is 0.261 e. The number of hydrogen-bond acceptors (Lipinski definition) is 3. The van der Waals surface area contributed by atoms with Crippen LogP contribution in [0.3, 0.4) is 0 Å². The highest BCUT2D eigenvalue weighted by molar-refractivity contribution is 5.94. The standard InChI is InChI=1S/C19H22N2O3/c1-2-21(12-14-10-11-24-13-14)19(23)16-8-9-17(20-18(16)22)15-6-4-3-5-7-15/h3-9,14H,2,10-13H2,1H3,(H,20,22)/t14-/m0/s1. The number of carbonyl (C=O) groups is 1. The Balaban J connectivity index is 1.80. The number of aromatic nitrogens is 1. The summed E-state index contributed by atoms with van der Waals surface area (Å²) in [5, 5.41) is 0. The number of rotatable bonds is 5. The number of carbonyl (C=O) groups excluding carboxylic acids is 1. The van der Waals surface area contributed by atoms with E-state index in [9.17, 15) is 9.59 Å². The largest absolute Gasteiger partial charge is 0.381 e. The van der Waals surface area contributed by atoms with Gasteiger partial charge in [-0.15, -0.1) is 0 Å². The first-order valence-corrected chi connectivity index (χ1v) is 8.34. The molecule has 1 fully saturated rings. The molecule has 0 aliphatic carbocycles. The minimum absolute atomic E-state index is 0.190. The maximum Gasteiger partial charge on any atom is 0.261 e. The van der Waals surface area contributed by atoms with E-state index in [1.165, 1.54) is 0 Å². The molecule has 1 saturated heterocycles. The van der Waals surface area contributed by atoms with Gasteiger partial charge in [0.2, 0.25) is 0 Å². The van der Waals surface area contributed by atoms with Gasteiger partial charge < -0.3 is 14.6 Å². The number of aromatic amines is 1. The molecule has 0 spiro atoms. The quantitative estimate of drug-likeness (QED) is 0.918. The topological polar surface area (TPSA) is 62.4 Å². The van der Waals surface area contributed by atoms with Crippen LogP contribution in [0, 0.1) is 5.92 Å². The second-order valence-corrected chi connectivity index (χ2v) is 6.05. The Bertz CT molecular complexity index is 749. The summed E-state index contributed by atoms with van der Waals surface area (Å²) in [6.07, 6.45) is 0.965. The molecule has 5 heteroatoms. The van der Waals surface area contributed by atoms with Crippen LogP contribution in [-0.2, 0) is 4.74 Å². The number of amides is 1. The Hall–Kier alpha value is -2.40. The SMILES string of the molecule is CCN(C[C@@H]1CCOC1)C(=O)c1ccc(-c2ccccc2)[nH]c1=O. The van der Waals surface area contributed by atoms with Crippen molar-refractivity contribution in [3.63, 3.8) is 0 Å². The molecule has 2 aromatic rings. The maximum absolute atomic E-state index is 12.7. The third-order valence-electron chi connectivity index (χ3n) is 4.40. The summed E-state index contributed by atoms with van der Waals surface area (Å²) >= 11 is 0. The summed E-state index contributed by atoms with van der Waals surface area (Å²) in [6, 6.07) is 13.0. The second-order valence-electron chi connectivity index (χ2n) is 6.05. The fraction of sp³-hybridized carbons (Fsp3) is 0.368. The van der Waals surface area contributed by atoms with Gasteiger partial charge >= 0.3 is 0 Å². The van der Waals surface area contributed by atoms with Gasteiger partial charge in [-0.1, -0.05) is 30.3 Å². The fourth-order valence-corrected chi connectivity index (χ4v) is 2.99. The van der Waals surface area contributed by atoms with Gasteiger partial charge in [-0.3, -0.25) is 9.59 Å². The van der Waals surface area contributed by atoms with Crippen LogP contribution in [0.25, 0.3) is 11.3 Å². The van der Waals surface area contributed by atoms with Crippen molar-refractivity contribution in [1.82, 2.24) is 9.88 Å². The minimum atomic E-state index is -0.345. The van der Waals surface area contributed by atoms with E-state index < -0.39 is 0 Å². The molecule has 2 heterocycles. The van der Waals surface area contributed by atoms with Gasteiger partial charge in [0.15, 0.2) is 0 Å². The highest BCUT2D eigenvalue weighted by atomic mass is 16.5. The van der Waals surface area contributed by atoms with E-state index in [1.54, 1.807) is 17.0 Å². The molecule has 24 heavy (non-hydrogen) atoms. The first kappa shape index (κ1) is 16.5. The Kier molecular flexibility index (Phi) is 5.11. The van der Waals surface area contributed by atoms with Crippen LogP contribution in [-0.4, -0.2) is 42.1 Å². The second kappa shape index (κ2) is 7.45. The van der Waals surface area contributed by atoms with Crippen molar-refractivity contribution in [3.05, 3.63) is 58.4 Å². The van der Waals surface area contributed by atoms with Crippen molar-refractivity contribution in [3.8, 4) is 11.3 Å². The number of pyridine rings is 1. The normalized spacial score (nSPS) is 17.0. The average molecular weight is 326 g/mol. The van der Waals surface area contributed by atoms with Gasteiger partial charge in [0, 0.05) is 31.3 Å². The van der Waals surface area contributed by atoms with Crippen molar-refractivity contribution >= 4 is 5.91 Å². The predicted molar refractivity (Wildman–Crippen MR) is 93.0 cm³/mol. The van der Waals surface area contributed by atoms with E-state index in [0.29, 0.717) is 31.3 Å². The van der Waals surface area contributed by atoms with Crippen molar-refractivity contribution in [2.24, 2.45) is 5.92 Å². The first-order valence-electron chi connectivity index (χ1n) is 8.34. The van der Waals surface area contributed by atoms with Gasteiger partial charge in [0.05, 0.1) is 6.61 Å². The molecular weight excluding hydrogens is 304 g/mol. The number of nitrogens with one attached hydrogen (secondary N) is 1. The molecule has 0 bridgehead atoms. The molecule has 1 aliphatic rings. The number of benzene rings is 1. The minimum Gasteiger partial charge on any atom is -0.381 e. The van der Waals surface area contributed by atoms with E-state index in [2.05, 4.69) is 4.98 Å². The lowest BCUT2D eigenvalue weighted by Gasteiger charge is -2.23. The Labute approximate surface area is 141 Å². The Morgan fingerprint density at radius 1 is 1.25 bits per heavy atom. The Morgan fingerprint density at radius 3 is 2.67 bits per heavy atom. The zero-order valence-electron chi connectivity index (χ0n) is 13.8. The van der Waals surface area contributed by atoms with Gasteiger partial charge in [-0.2, -0.15) is 0 Å². The number of H-pyrrole nitrogens is 1. The molecular formula is C19H22N2O3. The third kappa shape index (κ3) is 3.57. The lowest BCUT2D eigenvalue weighted by Crippen LogP contribution is -2.38. The van der Waals surface area contributed by atoms with Crippen LogP contribution >= 0.6 is 0 Å². The van der Waals surface area contributed by atoms with E-state index in [0.717, 1.165) is 18.6 Å².